The molecule has 6 heteroatoms. The molecule has 1 saturated carbocycles. The average molecular weight is 468 g/mol. The number of hydrogen-bond acceptors (Lipinski definition) is 2. The summed E-state index contributed by atoms with van der Waals surface area (Å²) in [4.78, 5) is 4.85. The highest BCUT2D eigenvalue weighted by molar-refractivity contribution is 14.0. The molecule has 26 heavy (non-hydrogen) atoms. The van der Waals surface area contributed by atoms with Crippen LogP contribution in [-0.4, -0.2) is 37.3 Å². The molecule has 1 heterocycles. The fourth-order valence-corrected chi connectivity index (χ4v) is 3.14. The van der Waals surface area contributed by atoms with E-state index in [9.17, 15) is 0 Å². The molecule has 5 nitrogen and oxygen atoms in total. The summed E-state index contributed by atoms with van der Waals surface area (Å²) in [6.45, 7) is 5.51. The Morgan fingerprint density at radius 3 is 2.54 bits per heavy atom. The average Bonchev–Trinajstić information content (AvgIpc) is 3.26. The first-order chi connectivity index (χ1) is 12.3. The third-order valence-corrected chi connectivity index (χ3v) is 4.74. The first-order valence-corrected chi connectivity index (χ1v) is 9.04. The number of halogens is 1. The van der Waals surface area contributed by atoms with Gasteiger partial charge in [-0.2, -0.15) is 0 Å². The van der Waals surface area contributed by atoms with Gasteiger partial charge in [0.05, 0.1) is 13.7 Å². The van der Waals surface area contributed by atoms with E-state index in [1.165, 1.54) is 18.4 Å². The summed E-state index contributed by atoms with van der Waals surface area (Å²) in [5.74, 6) is 1.86. The molecule has 0 unspecified atom stereocenters. The number of benzene rings is 1. The van der Waals surface area contributed by atoms with Gasteiger partial charge in [0.25, 0.3) is 0 Å². The van der Waals surface area contributed by atoms with E-state index in [0.717, 1.165) is 37.9 Å². The zero-order valence-corrected chi connectivity index (χ0v) is 17.9. The molecular weight excluding hydrogens is 439 g/mol. The quantitative estimate of drug-likeness (QED) is 0.355. The molecule has 0 aliphatic heterocycles. The molecule has 2 aromatic rings. The number of nitrogens with zero attached hydrogens (tertiary/aromatic N) is 2. The van der Waals surface area contributed by atoms with Crippen molar-refractivity contribution in [3.8, 4) is 5.75 Å². The van der Waals surface area contributed by atoms with Crippen LogP contribution in [-0.2, 0) is 12.0 Å². The van der Waals surface area contributed by atoms with E-state index in [0.29, 0.717) is 0 Å². The van der Waals surface area contributed by atoms with Gasteiger partial charge < -0.3 is 19.9 Å². The van der Waals surface area contributed by atoms with Crippen LogP contribution in [0.2, 0.25) is 0 Å². The fourth-order valence-electron chi connectivity index (χ4n) is 3.14. The van der Waals surface area contributed by atoms with Crippen molar-refractivity contribution in [2.45, 2.75) is 31.7 Å². The topological polar surface area (TPSA) is 50.6 Å². The van der Waals surface area contributed by atoms with Crippen LogP contribution < -0.4 is 15.4 Å². The van der Waals surface area contributed by atoms with Gasteiger partial charge in [0.1, 0.15) is 5.75 Å². The number of methoxy groups -OCH3 is 1. The van der Waals surface area contributed by atoms with E-state index >= 15 is 0 Å². The minimum Gasteiger partial charge on any atom is -0.496 e. The largest absolute Gasteiger partial charge is 0.496 e. The van der Waals surface area contributed by atoms with Gasteiger partial charge in [-0.25, -0.2) is 0 Å². The molecule has 1 aliphatic carbocycles. The van der Waals surface area contributed by atoms with Gasteiger partial charge >= 0.3 is 0 Å². The Kier molecular flexibility index (Phi) is 7.81. The molecule has 0 amide bonds. The normalized spacial score (nSPS) is 15.1. The molecule has 0 bridgehead atoms. The van der Waals surface area contributed by atoms with Crippen molar-refractivity contribution in [2.75, 3.05) is 26.7 Å². The zero-order chi connectivity index (χ0) is 17.5. The van der Waals surface area contributed by atoms with Crippen molar-refractivity contribution >= 4 is 29.9 Å². The summed E-state index contributed by atoms with van der Waals surface area (Å²) in [7, 11) is 1.74. The van der Waals surface area contributed by atoms with E-state index in [-0.39, 0.29) is 29.4 Å². The number of para-hydroxylation sites is 1. The highest BCUT2D eigenvalue weighted by atomic mass is 127. The molecule has 2 N–H and O–H groups in total. The maximum Gasteiger partial charge on any atom is 0.191 e. The summed E-state index contributed by atoms with van der Waals surface area (Å²) in [5.41, 5.74) is 1.42. The SMILES string of the molecule is CCNC(=NCC1(c2ccccc2OC)CC1)NCCn1cccc1.I. The predicted molar refractivity (Wildman–Crippen MR) is 118 cm³/mol. The molecule has 1 aromatic carbocycles. The number of aromatic nitrogens is 1. The smallest absolute Gasteiger partial charge is 0.191 e. The third-order valence-electron chi connectivity index (χ3n) is 4.74. The van der Waals surface area contributed by atoms with Crippen molar-refractivity contribution < 1.29 is 4.74 Å². The van der Waals surface area contributed by atoms with Gasteiger partial charge in [-0.05, 0) is 38.0 Å². The number of aliphatic imine (C=N–C) groups is 1. The fraction of sp³-hybridized carbons (Fsp3) is 0.450. The Labute approximate surface area is 173 Å². The lowest BCUT2D eigenvalue weighted by Gasteiger charge is -2.18. The van der Waals surface area contributed by atoms with Crippen LogP contribution >= 0.6 is 24.0 Å². The number of ether oxygens (including phenoxy) is 1. The predicted octanol–water partition coefficient (Wildman–Crippen LogP) is 3.40. The van der Waals surface area contributed by atoms with Crippen molar-refractivity contribution in [3.05, 3.63) is 54.4 Å². The van der Waals surface area contributed by atoms with E-state index in [4.69, 9.17) is 9.73 Å². The Morgan fingerprint density at radius 1 is 1.15 bits per heavy atom. The van der Waals surface area contributed by atoms with Crippen molar-refractivity contribution in [2.24, 2.45) is 4.99 Å². The third kappa shape index (κ3) is 5.16. The van der Waals surface area contributed by atoms with Crippen LogP contribution in [0.5, 0.6) is 5.75 Å². The van der Waals surface area contributed by atoms with E-state index < -0.39 is 0 Å². The van der Waals surface area contributed by atoms with Crippen LogP contribution in [0.3, 0.4) is 0 Å². The second-order valence-corrected chi connectivity index (χ2v) is 6.52. The van der Waals surface area contributed by atoms with Gasteiger partial charge in [0.2, 0.25) is 0 Å². The highest BCUT2D eigenvalue weighted by Gasteiger charge is 2.46. The molecule has 3 rings (SSSR count). The molecule has 0 radical (unpaired) electrons. The zero-order valence-electron chi connectivity index (χ0n) is 15.6. The Balaban J connectivity index is 0.00000243. The van der Waals surface area contributed by atoms with Crippen LogP contribution in [0.15, 0.2) is 53.8 Å². The van der Waals surface area contributed by atoms with Crippen LogP contribution in [0.4, 0.5) is 0 Å². The summed E-state index contributed by atoms with van der Waals surface area (Å²) in [6, 6.07) is 12.4. The Hall–Kier alpha value is -1.70. The lowest BCUT2D eigenvalue weighted by atomic mass is 9.95. The molecule has 142 valence electrons. The highest BCUT2D eigenvalue weighted by Crippen LogP contribution is 2.51. The minimum atomic E-state index is 0. The molecule has 0 spiro atoms. The number of rotatable bonds is 8. The maximum absolute atomic E-state index is 5.55. The standard InChI is InChI=1S/C20H28N4O.HI/c1-3-21-19(22-12-15-24-13-6-7-14-24)23-16-20(10-11-20)17-8-4-5-9-18(17)25-2;/h4-9,13-14H,3,10-12,15-16H2,1-2H3,(H2,21,22,23);1H. The first-order valence-electron chi connectivity index (χ1n) is 9.04. The van der Waals surface area contributed by atoms with Gasteiger partial charge in [-0.3, -0.25) is 4.99 Å². The van der Waals surface area contributed by atoms with Crippen LogP contribution in [0, 0.1) is 0 Å². The molecule has 1 aliphatic rings. The number of guanidine groups is 1. The summed E-state index contributed by atoms with van der Waals surface area (Å²) in [5, 5.41) is 6.77. The molecule has 1 aromatic heterocycles. The lowest BCUT2D eigenvalue weighted by molar-refractivity contribution is 0.404. The van der Waals surface area contributed by atoms with Gasteiger partial charge in [0, 0.05) is 43.0 Å². The van der Waals surface area contributed by atoms with E-state index in [2.05, 4.69) is 46.7 Å². The van der Waals surface area contributed by atoms with Crippen molar-refractivity contribution in [1.82, 2.24) is 15.2 Å². The monoisotopic (exact) mass is 468 g/mol. The Bertz CT molecular complexity index is 696. The van der Waals surface area contributed by atoms with Gasteiger partial charge in [-0.15, -0.1) is 24.0 Å². The lowest BCUT2D eigenvalue weighted by Crippen LogP contribution is -2.39. The molecule has 0 atom stereocenters. The summed E-state index contributed by atoms with van der Waals surface area (Å²) in [6.07, 6.45) is 6.48. The number of hydrogen-bond donors (Lipinski definition) is 2. The minimum absolute atomic E-state index is 0. The summed E-state index contributed by atoms with van der Waals surface area (Å²) >= 11 is 0. The van der Waals surface area contributed by atoms with Crippen molar-refractivity contribution in [1.29, 1.82) is 0 Å². The summed E-state index contributed by atoms with van der Waals surface area (Å²) < 4.78 is 7.71. The number of nitrogens with one attached hydrogen (secondary N) is 2. The van der Waals surface area contributed by atoms with Crippen LogP contribution in [0.25, 0.3) is 0 Å². The van der Waals surface area contributed by atoms with Gasteiger partial charge in [-0.1, -0.05) is 18.2 Å². The van der Waals surface area contributed by atoms with E-state index in [1.54, 1.807) is 7.11 Å². The maximum atomic E-state index is 5.55. The molecular formula is C20H29IN4O. The second kappa shape index (κ2) is 9.85. The van der Waals surface area contributed by atoms with Gasteiger partial charge in [0.15, 0.2) is 5.96 Å². The second-order valence-electron chi connectivity index (χ2n) is 6.52. The van der Waals surface area contributed by atoms with E-state index in [1.807, 2.05) is 24.3 Å². The Morgan fingerprint density at radius 2 is 1.88 bits per heavy atom. The molecule has 1 fully saturated rings. The van der Waals surface area contributed by atoms with Crippen molar-refractivity contribution in [3.63, 3.8) is 0 Å². The molecule has 0 saturated heterocycles. The first kappa shape index (κ1) is 20.6. The van der Waals surface area contributed by atoms with Crippen LogP contribution in [0.1, 0.15) is 25.3 Å².